The second-order valence-corrected chi connectivity index (χ2v) is 4.93. The number of nitrogens with zero attached hydrogens (tertiary/aromatic N) is 2. The molecule has 0 fully saturated rings. The van der Waals surface area contributed by atoms with E-state index < -0.39 is 0 Å². The molecule has 1 aromatic heterocycles. The molecular formula is C15H18ClN3O. The van der Waals surface area contributed by atoms with Crippen LogP contribution >= 0.6 is 11.6 Å². The van der Waals surface area contributed by atoms with Gasteiger partial charge in [0.05, 0.1) is 5.56 Å². The number of ether oxygens (including phenoxy) is 1. The minimum atomic E-state index is 0.434. The van der Waals surface area contributed by atoms with Crippen LogP contribution < -0.4 is 10.1 Å². The molecule has 1 N–H and O–H groups in total. The summed E-state index contributed by atoms with van der Waals surface area (Å²) in [5, 5.41) is 3.92. The topological polar surface area (TPSA) is 47.0 Å². The van der Waals surface area contributed by atoms with Crippen molar-refractivity contribution < 1.29 is 4.74 Å². The lowest BCUT2D eigenvalue weighted by Crippen LogP contribution is -2.07. The van der Waals surface area contributed by atoms with Crippen molar-refractivity contribution in [3.8, 4) is 5.88 Å². The number of aromatic nitrogens is 2. The Labute approximate surface area is 124 Å². The van der Waals surface area contributed by atoms with Crippen molar-refractivity contribution in [2.24, 2.45) is 0 Å². The minimum absolute atomic E-state index is 0.434. The highest BCUT2D eigenvalue weighted by Gasteiger charge is 2.10. The van der Waals surface area contributed by atoms with Gasteiger partial charge >= 0.3 is 0 Å². The van der Waals surface area contributed by atoms with Gasteiger partial charge in [-0.05, 0) is 38.5 Å². The van der Waals surface area contributed by atoms with Crippen LogP contribution in [0.4, 0.5) is 5.82 Å². The fourth-order valence-electron chi connectivity index (χ4n) is 1.86. The maximum Gasteiger partial charge on any atom is 0.222 e. The third-order valence-corrected chi connectivity index (χ3v) is 3.06. The number of benzene rings is 1. The highest BCUT2D eigenvalue weighted by atomic mass is 35.5. The van der Waals surface area contributed by atoms with Crippen LogP contribution in [-0.4, -0.2) is 16.5 Å². The Balaban J connectivity index is 2.16. The van der Waals surface area contributed by atoms with Crippen LogP contribution in [0.3, 0.4) is 0 Å². The monoisotopic (exact) mass is 291 g/mol. The van der Waals surface area contributed by atoms with Gasteiger partial charge in [0.15, 0.2) is 0 Å². The molecule has 0 amide bonds. The SMILES string of the molecule is CCNc1nc(C)nc(OCc2cccc(Cl)c2)c1C. The molecule has 0 atom stereocenters. The van der Waals surface area contributed by atoms with E-state index in [2.05, 4.69) is 15.3 Å². The van der Waals surface area contributed by atoms with E-state index in [1.54, 1.807) is 0 Å². The summed E-state index contributed by atoms with van der Waals surface area (Å²) in [6, 6.07) is 7.61. The van der Waals surface area contributed by atoms with Gasteiger partial charge in [0.2, 0.25) is 5.88 Å². The zero-order valence-corrected chi connectivity index (χ0v) is 12.7. The number of nitrogens with one attached hydrogen (secondary N) is 1. The minimum Gasteiger partial charge on any atom is -0.472 e. The lowest BCUT2D eigenvalue weighted by Gasteiger charge is -2.13. The van der Waals surface area contributed by atoms with Gasteiger partial charge in [-0.25, -0.2) is 4.98 Å². The van der Waals surface area contributed by atoms with Crippen LogP contribution in [0.5, 0.6) is 5.88 Å². The van der Waals surface area contributed by atoms with Gasteiger partial charge < -0.3 is 10.1 Å². The predicted octanol–water partition coefficient (Wildman–Crippen LogP) is 3.76. The van der Waals surface area contributed by atoms with Crippen molar-refractivity contribution in [1.82, 2.24) is 9.97 Å². The first-order valence-corrected chi connectivity index (χ1v) is 6.94. The molecule has 1 aromatic carbocycles. The fraction of sp³-hybridized carbons (Fsp3) is 0.333. The number of anilines is 1. The van der Waals surface area contributed by atoms with Crippen LogP contribution in [0.1, 0.15) is 23.9 Å². The van der Waals surface area contributed by atoms with Crippen LogP contribution in [0, 0.1) is 13.8 Å². The molecule has 0 spiro atoms. The average Bonchev–Trinajstić information content (AvgIpc) is 2.41. The molecule has 0 radical (unpaired) electrons. The van der Waals surface area contributed by atoms with E-state index in [0.29, 0.717) is 23.3 Å². The molecule has 0 aliphatic carbocycles. The van der Waals surface area contributed by atoms with Crippen molar-refractivity contribution in [2.75, 3.05) is 11.9 Å². The van der Waals surface area contributed by atoms with Crippen molar-refractivity contribution >= 4 is 17.4 Å². The van der Waals surface area contributed by atoms with Crippen molar-refractivity contribution in [2.45, 2.75) is 27.4 Å². The summed E-state index contributed by atoms with van der Waals surface area (Å²) < 4.78 is 5.80. The Kier molecular flexibility index (Phi) is 4.79. The molecule has 0 aliphatic rings. The molecule has 0 unspecified atom stereocenters. The van der Waals surface area contributed by atoms with Gasteiger partial charge in [-0.3, -0.25) is 0 Å². The first-order valence-electron chi connectivity index (χ1n) is 6.56. The Morgan fingerprint density at radius 3 is 2.75 bits per heavy atom. The zero-order valence-electron chi connectivity index (χ0n) is 11.9. The molecule has 5 heteroatoms. The van der Waals surface area contributed by atoms with Gasteiger partial charge in [0.1, 0.15) is 18.2 Å². The second-order valence-electron chi connectivity index (χ2n) is 4.50. The predicted molar refractivity (Wildman–Crippen MR) is 81.5 cm³/mol. The van der Waals surface area contributed by atoms with E-state index in [-0.39, 0.29) is 0 Å². The maximum absolute atomic E-state index is 5.96. The lowest BCUT2D eigenvalue weighted by atomic mass is 10.2. The van der Waals surface area contributed by atoms with Crippen LogP contribution in [0.25, 0.3) is 0 Å². The normalized spacial score (nSPS) is 10.4. The number of hydrogen-bond acceptors (Lipinski definition) is 4. The summed E-state index contributed by atoms with van der Waals surface area (Å²) in [7, 11) is 0. The van der Waals surface area contributed by atoms with Crippen molar-refractivity contribution in [3.63, 3.8) is 0 Å². The first kappa shape index (κ1) is 14.6. The van der Waals surface area contributed by atoms with E-state index in [0.717, 1.165) is 23.5 Å². The molecule has 0 saturated heterocycles. The number of rotatable bonds is 5. The zero-order chi connectivity index (χ0) is 14.5. The lowest BCUT2D eigenvalue weighted by molar-refractivity contribution is 0.290. The third kappa shape index (κ3) is 3.61. The smallest absolute Gasteiger partial charge is 0.222 e. The summed E-state index contributed by atoms with van der Waals surface area (Å²) in [4.78, 5) is 8.72. The average molecular weight is 292 g/mol. The molecule has 106 valence electrons. The third-order valence-electron chi connectivity index (χ3n) is 2.82. The molecule has 2 rings (SSSR count). The highest BCUT2D eigenvalue weighted by molar-refractivity contribution is 6.30. The van der Waals surface area contributed by atoms with Crippen LogP contribution in [0.2, 0.25) is 5.02 Å². The van der Waals surface area contributed by atoms with E-state index in [1.165, 1.54) is 0 Å². The van der Waals surface area contributed by atoms with Crippen molar-refractivity contribution in [1.29, 1.82) is 0 Å². The van der Waals surface area contributed by atoms with Gasteiger partial charge in [-0.1, -0.05) is 23.7 Å². The van der Waals surface area contributed by atoms with Gasteiger partial charge in [-0.2, -0.15) is 4.98 Å². The number of aryl methyl sites for hydroxylation is 1. The van der Waals surface area contributed by atoms with E-state index in [1.807, 2.05) is 45.0 Å². The number of halogens is 1. The van der Waals surface area contributed by atoms with Gasteiger partial charge in [0, 0.05) is 11.6 Å². The first-order chi connectivity index (χ1) is 9.60. The van der Waals surface area contributed by atoms with Crippen molar-refractivity contribution in [3.05, 3.63) is 46.2 Å². The Morgan fingerprint density at radius 2 is 2.05 bits per heavy atom. The van der Waals surface area contributed by atoms with Crippen LogP contribution in [-0.2, 0) is 6.61 Å². The maximum atomic E-state index is 5.96. The van der Waals surface area contributed by atoms with Crippen LogP contribution in [0.15, 0.2) is 24.3 Å². The molecular weight excluding hydrogens is 274 g/mol. The summed E-state index contributed by atoms with van der Waals surface area (Å²) in [5.41, 5.74) is 1.93. The molecule has 4 nitrogen and oxygen atoms in total. The molecule has 1 heterocycles. The fourth-order valence-corrected chi connectivity index (χ4v) is 2.07. The Hall–Kier alpha value is -1.81. The summed E-state index contributed by atoms with van der Waals surface area (Å²) in [5.74, 6) is 2.11. The summed E-state index contributed by atoms with van der Waals surface area (Å²) in [6.07, 6.45) is 0. The van der Waals surface area contributed by atoms with E-state index >= 15 is 0 Å². The largest absolute Gasteiger partial charge is 0.472 e. The quantitative estimate of drug-likeness (QED) is 0.911. The molecule has 0 saturated carbocycles. The Morgan fingerprint density at radius 1 is 1.25 bits per heavy atom. The van der Waals surface area contributed by atoms with E-state index in [9.17, 15) is 0 Å². The standard InChI is InChI=1S/C15H18ClN3O/c1-4-17-14-10(2)15(19-11(3)18-14)20-9-12-6-5-7-13(16)8-12/h5-8H,4,9H2,1-3H3,(H,17,18,19). The van der Waals surface area contributed by atoms with Gasteiger partial charge in [0.25, 0.3) is 0 Å². The molecule has 0 aliphatic heterocycles. The Bertz CT molecular complexity index is 602. The summed E-state index contributed by atoms with van der Waals surface area (Å²) >= 11 is 5.96. The van der Waals surface area contributed by atoms with Gasteiger partial charge in [-0.15, -0.1) is 0 Å². The molecule has 20 heavy (non-hydrogen) atoms. The van der Waals surface area contributed by atoms with E-state index in [4.69, 9.17) is 16.3 Å². The highest BCUT2D eigenvalue weighted by Crippen LogP contribution is 2.23. The summed E-state index contributed by atoms with van der Waals surface area (Å²) in [6.45, 7) is 7.08. The second kappa shape index (κ2) is 6.57. The molecule has 0 bridgehead atoms. The molecule has 2 aromatic rings. The number of hydrogen-bond donors (Lipinski definition) is 1.